The zero-order valence-corrected chi connectivity index (χ0v) is 32.7. The van der Waals surface area contributed by atoms with Gasteiger partial charge >= 0.3 is 26.4 Å². The van der Waals surface area contributed by atoms with Crippen LogP contribution in [0.1, 0.15) is 38.5 Å². The maximum absolute atomic E-state index is 5.54. The van der Waals surface area contributed by atoms with Gasteiger partial charge in [-0.25, -0.2) is 0 Å². The summed E-state index contributed by atoms with van der Waals surface area (Å²) in [5.74, 6) is 0.760. The van der Waals surface area contributed by atoms with Gasteiger partial charge in [0.05, 0.1) is 38.6 Å². The van der Waals surface area contributed by atoms with Crippen LogP contribution in [0.3, 0.4) is 0 Å². The van der Waals surface area contributed by atoms with Crippen LogP contribution in [-0.4, -0.2) is 154 Å². The first-order valence-corrected chi connectivity index (χ1v) is 22.0. The molecule has 0 spiro atoms. The summed E-state index contributed by atoms with van der Waals surface area (Å²) in [6.07, 6.45) is 8.44. The summed E-state index contributed by atoms with van der Waals surface area (Å²) >= 11 is 0. The SMILES string of the molecule is CO[Si](CCC1CCC2OC2C1)(OC)OC.CO[Si](CCCOCC1CO1)(OC)OC.CO[Si](CCCOCC1CO1)(OC)OC. The molecule has 14 nitrogen and oxygen atoms in total. The average molecular weight is 719 g/mol. The molecule has 3 heterocycles. The topological polar surface area (TPSA) is 139 Å². The van der Waals surface area contributed by atoms with E-state index in [-0.39, 0.29) is 0 Å². The molecule has 0 bridgehead atoms. The van der Waals surface area contributed by atoms with Gasteiger partial charge < -0.3 is 63.5 Å². The molecule has 4 fully saturated rings. The number of epoxide rings is 3. The highest BCUT2D eigenvalue weighted by atomic mass is 28.4. The fourth-order valence-electron chi connectivity index (χ4n) is 5.34. The van der Waals surface area contributed by atoms with Gasteiger partial charge in [-0.2, -0.15) is 0 Å². The Bertz CT molecular complexity index is 705. The van der Waals surface area contributed by atoms with Crippen molar-refractivity contribution in [1.82, 2.24) is 0 Å². The van der Waals surface area contributed by atoms with E-state index < -0.39 is 26.4 Å². The molecule has 17 heteroatoms. The molecule has 1 aliphatic carbocycles. The lowest BCUT2D eigenvalue weighted by molar-refractivity contribution is 0.0999. The van der Waals surface area contributed by atoms with Crippen LogP contribution in [0.15, 0.2) is 0 Å². The first-order chi connectivity index (χ1) is 22.2. The number of hydrogen-bond acceptors (Lipinski definition) is 14. The molecule has 0 amide bonds. The molecule has 0 radical (unpaired) electrons. The summed E-state index contributed by atoms with van der Waals surface area (Å²) < 4.78 is 74.5. The Morgan fingerprint density at radius 1 is 0.522 bits per heavy atom. The van der Waals surface area contributed by atoms with Gasteiger partial charge in [-0.15, -0.1) is 0 Å². The van der Waals surface area contributed by atoms with E-state index in [0.29, 0.717) is 50.8 Å². The molecule has 3 saturated heterocycles. The molecule has 5 atom stereocenters. The molecule has 0 aromatic heterocycles. The maximum Gasteiger partial charge on any atom is 0.500 e. The minimum atomic E-state index is -2.39. The second kappa shape index (κ2) is 22.7. The van der Waals surface area contributed by atoms with Gasteiger partial charge in [-0.05, 0) is 44.4 Å². The Balaban J connectivity index is 0.000000240. The van der Waals surface area contributed by atoms with Gasteiger partial charge in [0.2, 0.25) is 0 Å². The van der Waals surface area contributed by atoms with Crippen molar-refractivity contribution in [3.05, 3.63) is 0 Å². The summed E-state index contributed by atoms with van der Waals surface area (Å²) in [5, 5.41) is 0. The van der Waals surface area contributed by atoms with E-state index in [0.717, 1.165) is 56.5 Å². The van der Waals surface area contributed by atoms with Crippen molar-refractivity contribution in [2.75, 3.05) is 104 Å². The number of rotatable bonds is 24. The molecule has 4 rings (SSSR count). The van der Waals surface area contributed by atoms with Crippen LogP contribution < -0.4 is 0 Å². The monoisotopic (exact) mass is 718 g/mol. The molecule has 274 valence electrons. The molecular weight excluding hydrogens is 657 g/mol. The molecule has 0 N–H and O–H groups in total. The molecule has 0 aromatic carbocycles. The number of hydrogen-bond donors (Lipinski definition) is 0. The predicted octanol–water partition coefficient (Wildman–Crippen LogP) is 3.16. The molecule has 1 saturated carbocycles. The first kappa shape index (κ1) is 42.3. The third-order valence-electron chi connectivity index (χ3n) is 8.73. The molecule has 3 aliphatic heterocycles. The van der Waals surface area contributed by atoms with Crippen LogP contribution in [0, 0.1) is 5.92 Å². The van der Waals surface area contributed by atoms with E-state index in [9.17, 15) is 0 Å². The van der Waals surface area contributed by atoms with Gasteiger partial charge in [-0.1, -0.05) is 0 Å². The normalized spacial score (nSPS) is 25.1. The third kappa shape index (κ3) is 15.8. The van der Waals surface area contributed by atoms with Gasteiger partial charge in [0.1, 0.15) is 12.2 Å². The van der Waals surface area contributed by atoms with Crippen molar-refractivity contribution >= 4 is 26.4 Å². The van der Waals surface area contributed by atoms with E-state index in [1.54, 1.807) is 64.0 Å². The van der Waals surface area contributed by atoms with Crippen LogP contribution in [0.5, 0.6) is 0 Å². The van der Waals surface area contributed by atoms with Crippen LogP contribution in [0.2, 0.25) is 18.1 Å². The lowest BCUT2D eigenvalue weighted by Crippen LogP contribution is -2.43. The summed E-state index contributed by atoms with van der Waals surface area (Å²) in [5.41, 5.74) is 0. The minimum Gasteiger partial charge on any atom is -0.379 e. The van der Waals surface area contributed by atoms with E-state index in [1.807, 2.05) is 0 Å². The van der Waals surface area contributed by atoms with Gasteiger partial charge in [0, 0.05) is 95.3 Å². The second-order valence-electron chi connectivity index (χ2n) is 11.6. The Morgan fingerprint density at radius 3 is 1.26 bits per heavy atom. The molecule has 46 heavy (non-hydrogen) atoms. The predicted molar refractivity (Wildman–Crippen MR) is 176 cm³/mol. The highest BCUT2D eigenvalue weighted by molar-refractivity contribution is 6.61. The van der Waals surface area contributed by atoms with Crippen molar-refractivity contribution in [1.29, 1.82) is 0 Å². The summed E-state index contributed by atoms with van der Waals surface area (Å²) in [6, 6.07) is 2.47. The average Bonchev–Trinajstić information content (AvgIpc) is 3.96. The van der Waals surface area contributed by atoms with Gasteiger partial charge in [-0.3, -0.25) is 0 Å². The van der Waals surface area contributed by atoms with Gasteiger partial charge in [0.15, 0.2) is 0 Å². The van der Waals surface area contributed by atoms with Crippen LogP contribution in [-0.2, 0) is 63.5 Å². The van der Waals surface area contributed by atoms with Crippen LogP contribution >= 0.6 is 0 Å². The second-order valence-corrected chi connectivity index (χ2v) is 20.9. The van der Waals surface area contributed by atoms with Crippen molar-refractivity contribution in [3.8, 4) is 0 Å². The maximum atomic E-state index is 5.54. The largest absolute Gasteiger partial charge is 0.500 e. The van der Waals surface area contributed by atoms with Crippen molar-refractivity contribution in [2.45, 2.75) is 81.1 Å². The van der Waals surface area contributed by atoms with E-state index in [2.05, 4.69) is 0 Å². The zero-order valence-electron chi connectivity index (χ0n) is 29.7. The fourth-order valence-corrected chi connectivity index (χ4v) is 10.6. The third-order valence-corrected chi connectivity index (χ3v) is 17.2. The Hall–Kier alpha value is 0.0906. The number of fused-ring (bicyclic) bond motifs is 1. The molecular formula is C29H62O14Si3. The smallest absolute Gasteiger partial charge is 0.379 e. The van der Waals surface area contributed by atoms with Crippen LogP contribution in [0.25, 0.3) is 0 Å². The van der Waals surface area contributed by atoms with Gasteiger partial charge in [0.25, 0.3) is 0 Å². The Labute approximate surface area is 280 Å². The first-order valence-electron chi connectivity index (χ1n) is 16.3. The van der Waals surface area contributed by atoms with E-state index in [1.165, 1.54) is 19.3 Å². The molecule has 5 unspecified atom stereocenters. The highest BCUT2D eigenvalue weighted by Gasteiger charge is 2.45. The van der Waals surface area contributed by atoms with E-state index in [4.69, 9.17) is 63.5 Å². The summed E-state index contributed by atoms with van der Waals surface area (Å²) in [6.45, 7) is 4.47. The summed E-state index contributed by atoms with van der Waals surface area (Å²) in [4.78, 5) is 0. The summed E-state index contributed by atoms with van der Waals surface area (Å²) in [7, 11) is 7.65. The lowest BCUT2D eigenvalue weighted by Gasteiger charge is -2.27. The molecule has 0 aromatic rings. The Kier molecular flexibility index (Phi) is 20.9. The number of ether oxygens (including phenoxy) is 5. The van der Waals surface area contributed by atoms with Crippen molar-refractivity contribution in [2.24, 2.45) is 5.92 Å². The quantitative estimate of drug-likeness (QED) is 0.0820. The standard InChI is InChI=1S/C11H22O4Si.2C9H20O5Si/c1-12-16(13-2,14-3)7-6-9-4-5-10-11(8-9)15-10;2*1-10-15(11-2,12-3)6-4-5-13-7-9-8-14-9/h9-11H,4-8H2,1-3H3;2*9H,4-8H2,1-3H3. The highest BCUT2D eigenvalue weighted by Crippen LogP contribution is 2.41. The lowest BCUT2D eigenvalue weighted by atomic mass is 9.88. The van der Waals surface area contributed by atoms with E-state index >= 15 is 0 Å². The molecule has 4 aliphatic rings. The van der Waals surface area contributed by atoms with Crippen molar-refractivity contribution < 1.29 is 63.5 Å². The fraction of sp³-hybridized carbons (Fsp3) is 1.00. The zero-order chi connectivity index (χ0) is 33.9. The van der Waals surface area contributed by atoms with Crippen LogP contribution in [0.4, 0.5) is 0 Å². The van der Waals surface area contributed by atoms with Crippen molar-refractivity contribution in [3.63, 3.8) is 0 Å². The Morgan fingerprint density at radius 2 is 0.913 bits per heavy atom. The minimum absolute atomic E-state index is 0.333.